The van der Waals surface area contributed by atoms with E-state index in [1.165, 1.54) is 11.1 Å². The van der Waals surface area contributed by atoms with E-state index in [-0.39, 0.29) is 18.1 Å². The number of ether oxygens (including phenoxy) is 1. The largest absolute Gasteiger partial charge is 0.375 e. The molecule has 2 heterocycles. The summed E-state index contributed by atoms with van der Waals surface area (Å²) in [6.45, 7) is 5.65. The molecule has 2 aliphatic rings. The summed E-state index contributed by atoms with van der Waals surface area (Å²) in [6, 6.07) is 21.5. The number of benzene rings is 2. The predicted molar refractivity (Wildman–Crippen MR) is 110 cm³/mol. The van der Waals surface area contributed by atoms with E-state index in [2.05, 4.69) is 70.9 Å². The van der Waals surface area contributed by atoms with E-state index in [0.29, 0.717) is 13.0 Å². The molecule has 2 saturated heterocycles. The highest BCUT2D eigenvalue weighted by Gasteiger charge is 2.29. The quantitative estimate of drug-likeness (QED) is 0.866. The zero-order valence-corrected chi connectivity index (χ0v) is 16.3. The van der Waals surface area contributed by atoms with Crippen molar-refractivity contribution >= 4 is 5.91 Å². The van der Waals surface area contributed by atoms with Crippen LogP contribution in [0.2, 0.25) is 0 Å². The molecule has 0 saturated carbocycles. The predicted octanol–water partition coefficient (Wildman–Crippen LogP) is 2.30. The highest BCUT2D eigenvalue weighted by molar-refractivity contribution is 5.76. The molecule has 28 heavy (non-hydrogen) atoms. The molecule has 2 fully saturated rings. The molecule has 0 bridgehead atoms. The molecule has 5 heteroatoms. The van der Waals surface area contributed by atoms with Crippen LogP contribution in [0.5, 0.6) is 0 Å². The van der Waals surface area contributed by atoms with Gasteiger partial charge in [-0.2, -0.15) is 0 Å². The number of morpholine rings is 1. The van der Waals surface area contributed by atoms with E-state index in [0.717, 1.165) is 39.3 Å². The van der Waals surface area contributed by atoms with E-state index in [1.54, 1.807) is 0 Å². The number of nitrogens with zero attached hydrogens (tertiary/aromatic N) is 2. The first-order valence-electron chi connectivity index (χ1n) is 10.3. The monoisotopic (exact) mass is 379 g/mol. The Labute approximate surface area is 167 Å². The fourth-order valence-corrected chi connectivity index (χ4v) is 4.19. The van der Waals surface area contributed by atoms with Crippen LogP contribution in [0.3, 0.4) is 0 Å². The van der Waals surface area contributed by atoms with Gasteiger partial charge in [0.1, 0.15) is 0 Å². The van der Waals surface area contributed by atoms with Crippen molar-refractivity contribution in [2.24, 2.45) is 0 Å². The normalized spacial score (nSPS) is 21.0. The molecular formula is C23H29N3O2. The van der Waals surface area contributed by atoms with Gasteiger partial charge in [-0.05, 0) is 11.1 Å². The Hall–Kier alpha value is -2.21. The summed E-state index contributed by atoms with van der Waals surface area (Å²) in [6.07, 6.45) is 0.494. The molecule has 5 nitrogen and oxygen atoms in total. The molecule has 1 atom stereocenters. The third kappa shape index (κ3) is 4.61. The van der Waals surface area contributed by atoms with E-state index < -0.39 is 0 Å². The Bertz CT molecular complexity index is 699. The number of piperazine rings is 1. The van der Waals surface area contributed by atoms with Crippen molar-refractivity contribution in [3.8, 4) is 0 Å². The maximum absolute atomic E-state index is 12.7. The SMILES string of the molecule is O=C(CC1CNCCO1)N1CCN(C(c2ccccc2)c2ccccc2)CC1. The van der Waals surface area contributed by atoms with Crippen LogP contribution >= 0.6 is 0 Å². The number of hydrogen-bond donors (Lipinski definition) is 1. The second-order valence-electron chi connectivity index (χ2n) is 7.54. The Kier molecular flexibility index (Phi) is 6.37. The number of nitrogens with one attached hydrogen (secondary N) is 1. The second kappa shape index (κ2) is 9.32. The summed E-state index contributed by atoms with van der Waals surface area (Å²) < 4.78 is 5.69. The standard InChI is InChI=1S/C23H29N3O2/c27-22(17-21-18-24-11-16-28-21)25-12-14-26(15-13-25)23(19-7-3-1-4-8-19)20-9-5-2-6-10-20/h1-10,21,23-24H,11-18H2. The van der Waals surface area contributed by atoms with E-state index in [4.69, 9.17) is 4.74 Å². The summed E-state index contributed by atoms with van der Waals surface area (Å²) in [5.41, 5.74) is 2.60. The van der Waals surface area contributed by atoms with Crippen LogP contribution < -0.4 is 5.32 Å². The highest BCUT2D eigenvalue weighted by atomic mass is 16.5. The molecule has 2 aromatic rings. The summed E-state index contributed by atoms with van der Waals surface area (Å²) in [5.74, 6) is 0.212. The molecule has 2 aromatic carbocycles. The second-order valence-corrected chi connectivity index (χ2v) is 7.54. The van der Waals surface area contributed by atoms with E-state index in [9.17, 15) is 4.79 Å². The molecule has 1 N–H and O–H groups in total. The molecule has 1 amide bonds. The van der Waals surface area contributed by atoms with Crippen LogP contribution in [0.15, 0.2) is 60.7 Å². The highest BCUT2D eigenvalue weighted by Crippen LogP contribution is 2.29. The van der Waals surface area contributed by atoms with Crippen molar-refractivity contribution in [2.75, 3.05) is 45.9 Å². The zero-order chi connectivity index (χ0) is 19.2. The molecule has 4 rings (SSSR count). The van der Waals surface area contributed by atoms with Gasteiger partial charge in [0.25, 0.3) is 0 Å². The van der Waals surface area contributed by atoms with Crippen molar-refractivity contribution in [3.05, 3.63) is 71.8 Å². The minimum Gasteiger partial charge on any atom is -0.375 e. The molecular weight excluding hydrogens is 350 g/mol. The number of hydrogen-bond acceptors (Lipinski definition) is 4. The maximum Gasteiger partial charge on any atom is 0.225 e. The lowest BCUT2D eigenvalue weighted by molar-refractivity contribution is -0.136. The Morgan fingerprint density at radius 1 is 0.964 bits per heavy atom. The maximum atomic E-state index is 12.7. The van der Waals surface area contributed by atoms with Gasteiger partial charge in [0.05, 0.1) is 25.2 Å². The number of carbonyl (C=O) groups is 1. The van der Waals surface area contributed by atoms with Gasteiger partial charge in [0, 0.05) is 39.3 Å². The van der Waals surface area contributed by atoms with Gasteiger partial charge in [-0.1, -0.05) is 60.7 Å². The zero-order valence-electron chi connectivity index (χ0n) is 16.3. The lowest BCUT2D eigenvalue weighted by Gasteiger charge is -2.40. The molecule has 148 valence electrons. The third-order valence-corrected chi connectivity index (χ3v) is 5.67. The number of amides is 1. The first kappa shape index (κ1) is 19.1. The third-order valence-electron chi connectivity index (χ3n) is 5.67. The minimum atomic E-state index is 0.0145. The van der Waals surface area contributed by atoms with Crippen molar-refractivity contribution in [2.45, 2.75) is 18.6 Å². The van der Waals surface area contributed by atoms with Gasteiger partial charge in [-0.15, -0.1) is 0 Å². The van der Waals surface area contributed by atoms with Gasteiger partial charge in [0.2, 0.25) is 5.91 Å². The topological polar surface area (TPSA) is 44.8 Å². The smallest absolute Gasteiger partial charge is 0.225 e. The van der Waals surface area contributed by atoms with Gasteiger partial charge in [0.15, 0.2) is 0 Å². The summed E-state index contributed by atoms with van der Waals surface area (Å²) >= 11 is 0. The van der Waals surface area contributed by atoms with E-state index in [1.807, 2.05) is 4.90 Å². The van der Waals surface area contributed by atoms with Crippen LogP contribution in [0.25, 0.3) is 0 Å². The Morgan fingerprint density at radius 2 is 1.57 bits per heavy atom. The van der Waals surface area contributed by atoms with Gasteiger partial charge in [-0.3, -0.25) is 9.69 Å². The van der Waals surface area contributed by atoms with Crippen LogP contribution in [0.1, 0.15) is 23.6 Å². The summed E-state index contributed by atoms with van der Waals surface area (Å²) in [4.78, 5) is 17.2. The van der Waals surface area contributed by atoms with E-state index >= 15 is 0 Å². The molecule has 0 aliphatic carbocycles. The lowest BCUT2D eigenvalue weighted by Crippen LogP contribution is -2.51. The van der Waals surface area contributed by atoms with Crippen molar-refractivity contribution in [3.63, 3.8) is 0 Å². The first-order valence-corrected chi connectivity index (χ1v) is 10.3. The Morgan fingerprint density at radius 3 is 2.11 bits per heavy atom. The molecule has 0 spiro atoms. The number of carbonyl (C=O) groups excluding carboxylic acids is 1. The Balaban J connectivity index is 1.41. The molecule has 1 unspecified atom stereocenters. The van der Waals surface area contributed by atoms with Crippen LogP contribution in [0, 0.1) is 0 Å². The van der Waals surface area contributed by atoms with Gasteiger partial charge in [-0.25, -0.2) is 0 Å². The average Bonchev–Trinajstić information content (AvgIpc) is 2.77. The van der Waals surface area contributed by atoms with Crippen LogP contribution in [-0.2, 0) is 9.53 Å². The van der Waals surface area contributed by atoms with Crippen LogP contribution in [-0.4, -0.2) is 67.7 Å². The van der Waals surface area contributed by atoms with Gasteiger partial charge >= 0.3 is 0 Å². The molecule has 2 aliphatic heterocycles. The molecule has 0 radical (unpaired) electrons. The average molecular weight is 380 g/mol. The van der Waals surface area contributed by atoms with Crippen LogP contribution in [0.4, 0.5) is 0 Å². The first-order chi connectivity index (χ1) is 13.8. The fourth-order valence-electron chi connectivity index (χ4n) is 4.19. The lowest BCUT2D eigenvalue weighted by atomic mass is 9.96. The summed E-state index contributed by atoms with van der Waals surface area (Å²) in [7, 11) is 0. The fraction of sp³-hybridized carbons (Fsp3) is 0.435. The van der Waals surface area contributed by atoms with Crippen molar-refractivity contribution in [1.29, 1.82) is 0 Å². The summed E-state index contributed by atoms with van der Waals surface area (Å²) in [5, 5.41) is 3.30. The van der Waals surface area contributed by atoms with Gasteiger partial charge < -0.3 is 15.0 Å². The van der Waals surface area contributed by atoms with Crippen molar-refractivity contribution in [1.82, 2.24) is 15.1 Å². The minimum absolute atomic E-state index is 0.0145. The number of rotatable bonds is 5. The molecule has 0 aromatic heterocycles. The van der Waals surface area contributed by atoms with Crippen molar-refractivity contribution < 1.29 is 9.53 Å².